The molecule has 3 aromatic rings. The summed E-state index contributed by atoms with van der Waals surface area (Å²) < 4.78 is 2.23. The molecule has 0 aliphatic heterocycles. The number of hydrogen-bond donors (Lipinski definition) is 2. The van der Waals surface area contributed by atoms with Crippen molar-refractivity contribution in [3.8, 4) is 11.4 Å². The molecule has 0 amide bonds. The standard InChI is InChI=1S/C16H19N5/c1-3-21-9-5-8-15(21)11-17-14-7-4-6-13(10-14)16-18-12(2)19-20-16/h4-10,17H,3,11H2,1-2H3,(H,18,19,20). The number of nitrogens with zero attached hydrogens (tertiary/aromatic N) is 3. The Labute approximate surface area is 124 Å². The van der Waals surface area contributed by atoms with Gasteiger partial charge in [0.05, 0.1) is 6.54 Å². The van der Waals surface area contributed by atoms with E-state index < -0.39 is 0 Å². The zero-order chi connectivity index (χ0) is 14.7. The molecule has 0 aliphatic carbocycles. The molecule has 0 radical (unpaired) electrons. The van der Waals surface area contributed by atoms with Crippen LogP contribution in [0.15, 0.2) is 42.6 Å². The molecule has 5 nitrogen and oxygen atoms in total. The van der Waals surface area contributed by atoms with Gasteiger partial charge in [0, 0.05) is 29.7 Å². The van der Waals surface area contributed by atoms with Gasteiger partial charge in [0.15, 0.2) is 5.82 Å². The molecule has 3 rings (SSSR count). The van der Waals surface area contributed by atoms with Crippen molar-refractivity contribution in [3.63, 3.8) is 0 Å². The second-order valence-electron chi connectivity index (χ2n) is 4.96. The smallest absolute Gasteiger partial charge is 0.181 e. The van der Waals surface area contributed by atoms with Gasteiger partial charge in [-0.2, -0.15) is 5.10 Å². The maximum Gasteiger partial charge on any atom is 0.181 e. The predicted octanol–water partition coefficient (Wildman–Crippen LogP) is 3.21. The average Bonchev–Trinajstić information content (AvgIpc) is 3.14. The van der Waals surface area contributed by atoms with E-state index in [1.807, 2.05) is 19.1 Å². The van der Waals surface area contributed by atoms with Crippen LogP contribution < -0.4 is 5.32 Å². The Hall–Kier alpha value is -2.56. The predicted molar refractivity (Wildman–Crippen MR) is 84.0 cm³/mol. The summed E-state index contributed by atoms with van der Waals surface area (Å²) in [5.41, 5.74) is 3.35. The number of benzene rings is 1. The Morgan fingerprint density at radius 1 is 1.24 bits per heavy atom. The highest BCUT2D eigenvalue weighted by Gasteiger charge is 2.05. The fourth-order valence-electron chi connectivity index (χ4n) is 2.35. The quantitative estimate of drug-likeness (QED) is 0.755. The second-order valence-corrected chi connectivity index (χ2v) is 4.96. The lowest BCUT2D eigenvalue weighted by molar-refractivity contribution is 0.724. The average molecular weight is 281 g/mol. The molecule has 5 heteroatoms. The minimum Gasteiger partial charge on any atom is -0.379 e. The van der Waals surface area contributed by atoms with Crippen LogP contribution in [0.1, 0.15) is 18.4 Å². The van der Waals surface area contributed by atoms with Crippen molar-refractivity contribution in [3.05, 3.63) is 54.1 Å². The minimum absolute atomic E-state index is 0.730. The lowest BCUT2D eigenvalue weighted by Crippen LogP contribution is -2.05. The van der Waals surface area contributed by atoms with Crippen LogP contribution in [0, 0.1) is 6.92 Å². The van der Waals surface area contributed by atoms with E-state index in [9.17, 15) is 0 Å². The molecule has 0 spiro atoms. The molecule has 0 bridgehead atoms. The van der Waals surface area contributed by atoms with Gasteiger partial charge in [0.2, 0.25) is 0 Å². The number of nitrogens with one attached hydrogen (secondary N) is 2. The number of H-pyrrole nitrogens is 1. The molecule has 2 N–H and O–H groups in total. The largest absolute Gasteiger partial charge is 0.379 e. The molecule has 0 unspecified atom stereocenters. The maximum atomic E-state index is 4.36. The minimum atomic E-state index is 0.730. The summed E-state index contributed by atoms with van der Waals surface area (Å²) >= 11 is 0. The van der Waals surface area contributed by atoms with Crippen LogP contribution in [-0.4, -0.2) is 19.7 Å². The van der Waals surface area contributed by atoms with E-state index in [2.05, 4.69) is 62.5 Å². The monoisotopic (exact) mass is 281 g/mol. The lowest BCUT2D eigenvalue weighted by Gasteiger charge is -2.10. The van der Waals surface area contributed by atoms with Gasteiger partial charge >= 0.3 is 0 Å². The first kappa shape index (κ1) is 13.4. The molecule has 21 heavy (non-hydrogen) atoms. The van der Waals surface area contributed by atoms with Crippen molar-refractivity contribution in [1.29, 1.82) is 0 Å². The second kappa shape index (κ2) is 5.83. The van der Waals surface area contributed by atoms with Crippen molar-refractivity contribution >= 4 is 5.69 Å². The van der Waals surface area contributed by atoms with E-state index in [-0.39, 0.29) is 0 Å². The molecule has 2 aromatic heterocycles. The summed E-state index contributed by atoms with van der Waals surface area (Å²) in [6.07, 6.45) is 2.10. The fourth-order valence-corrected chi connectivity index (χ4v) is 2.35. The van der Waals surface area contributed by atoms with Crippen LogP contribution in [0.3, 0.4) is 0 Å². The summed E-state index contributed by atoms with van der Waals surface area (Å²) in [7, 11) is 0. The van der Waals surface area contributed by atoms with E-state index in [0.29, 0.717) is 0 Å². The number of aromatic nitrogens is 4. The van der Waals surface area contributed by atoms with Crippen LogP contribution in [0.2, 0.25) is 0 Å². The Morgan fingerprint density at radius 2 is 2.14 bits per heavy atom. The van der Waals surface area contributed by atoms with Crippen molar-refractivity contribution in [2.24, 2.45) is 0 Å². The van der Waals surface area contributed by atoms with Gasteiger partial charge in [-0.05, 0) is 38.1 Å². The highest BCUT2D eigenvalue weighted by Crippen LogP contribution is 2.19. The third-order valence-corrected chi connectivity index (χ3v) is 3.46. The van der Waals surface area contributed by atoms with Crippen molar-refractivity contribution in [1.82, 2.24) is 19.7 Å². The number of rotatable bonds is 5. The van der Waals surface area contributed by atoms with Crippen LogP contribution in [0.5, 0.6) is 0 Å². The van der Waals surface area contributed by atoms with Gasteiger partial charge in [-0.15, -0.1) is 0 Å². The van der Waals surface area contributed by atoms with Gasteiger partial charge in [-0.25, -0.2) is 4.98 Å². The zero-order valence-corrected chi connectivity index (χ0v) is 12.3. The van der Waals surface area contributed by atoms with E-state index in [4.69, 9.17) is 0 Å². The summed E-state index contributed by atoms with van der Waals surface area (Å²) in [6.45, 7) is 5.84. The van der Waals surface area contributed by atoms with Crippen molar-refractivity contribution < 1.29 is 0 Å². The van der Waals surface area contributed by atoms with E-state index in [1.165, 1.54) is 5.69 Å². The molecule has 1 aromatic carbocycles. The molecule has 108 valence electrons. The molecular formula is C16H19N5. The zero-order valence-electron chi connectivity index (χ0n) is 12.3. The third kappa shape index (κ3) is 2.97. The highest BCUT2D eigenvalue weighted by atomic mass is 15.2. The molecule has 2 heterocycles. The topological polar surface area (TPSA) is 58.5 Å². The number of aromatic amines is 1. The van der Waals surface area contributed by atoms with Crippen molar-refractivity contribution in [2.75, 3.05) is 5.32 Å². The third-order valence-electron chi connectivity index (χ3n) is 3.46. The van der Waals surface area contributed by atoms with Gasteiger partial charge in [0.1, 0.15) is 5.82 Å². The Bertz CT molecular complexity index is 726. The number of anilines is 1. The summed E-state index contributed by atoms with van der Waals surface area (Å²) in [4.78, 5) is 4.36. The van der Waals surface area contributed by atoms with E-state index in [0.717, 1.165) is 36.0 Å². The lowest BCUT2D eigenvalue weighted by atomic mass is 10.2. The van der Waals surface area contributed by atoms with Crippen molar-refractivity contribution in [2.45, 2.75) is 26.9 Å². The molecule has 0 fully saturated rings. The summed E-state index contributed by atoms with van der Waals surface area (Å²) in [6, 6.07) is 12.4. The summed E-state index contributed by atoms with van der Waals surface area (Å²) in [5, 5.41) is 10.5. The Kier molecular flexibility index (Phi) is 3.73. The van der Waals surface area contributed by atoms with Gasteiger partial charge in [-0.1, -0.05) is 12.1 Å². The molecular weight excluding hydrogens is 262 g/mol. The number of hydrogen-bond acceptors (Lipinski definition) is 3. The van der Waals surface area contributed by atoms with Gasteiger partial charge < -0.3 is 9.88 Å². The van der Waals surface area contributed by atoms with Gasteiger partial charge in [-0.3, -0.25) is 5.10 Å². The fraction of sp³-hybridized carbons (Fsp3) is 0.250. The molecule has 0 aliphatic rings. The van der Waals surface area contributed by atoms with E-state index >= 15 is 0 Å². The highest BCUT2D eigenvalue weighted by molar-refractivity contribution is 5.62. The molecule has 0 saturated carbocycles. The van der Waals surface area contributed by atoms with Crippen LogP contribution in [-0.2, 0) is 13.1 Å². The molecule has 0 saturated heterocycles. The normalized spacial score (nSPS) is 10.8. The Balaban J connectivity index is 1.74. The van der Waals surface area contributed by atoms with Crippen LogP contribution in [0.25, 0.3) is 11.4 Å². The Morgan fingerprint density at radius 3 is 2.90 bits per heavy atom. The van der Waals surface area contributed by atoms with Crippen LogP contribution >= 0.6 is 0 Å². The first-order chi connectivity index (χ1) is 10.3. The first-order valence-electron chi connectivity index (χ1n) is 7.13. The SMILES string of the molecule is CCn1cccc1CNc1cccc(-c2n[nH]c(C)n2)c1. The van der Waals surface area contributed by atoms with Gasteiger partial charge in [0.25, 0.3) is 0 Å². The van der Waals surface area contributed by atoms with Crippen LogP contribution in [0.4, 0.5) is 5.69 Å². The first-order valence-corrected chi connectivity index (χ1v) is 7.13. The number of aryl methyl sites for hydroxylation is 2. The summed E-state index contributed by atoms with van der Waals surface area (Å²) in [5.74, 6) is 1.55. The molecule has 0 atom stereocenters. The maximum absolute atomic E-state index is 4.36. The van der Waals surface area contributed by atoms with E-state index in [1.54, 1.807) is 0 Å².